The molecule has 0 aliphatic heterocycles. The lowest BCUT2D eigenvalue weighted by Gasteiger charge is -2.25. The van der Waals surface area contributed by atoms with Crippen LogP contribution in [-0.2, 0) is 14.4 Å². The van der Waals surface area contributed by atoms with E-state index < -0.39 is 5.92 Å². The maximum atomic E-state index is 12.7. The number of Topliss-reactive ketones (excluding diaryl/α,β-unsaturated/α-hetero) is 2. The molecule has 0 aliphatic rings. The van der Waals surface area contributed by atoms with Gasteiger partial charge in [0.2, 0.25) is 0 Å². The maximum Gasteiger partial charge on any atom is 0.150 e. The van der Waals surface area contributed by atoms with Crippen LogP contribution in [0.25, 0.3) is 0 Å². The molecule has 0 fully saturated rings. The zero-order valence-electron chi connectivity index (χ0n) is 20.5. The summed E-state index contributed by atoms with van der Waals surface area (Å²) in [7, 11) is 3.78. The number of rotatable bonds is 20. The molecule has 0 aromatic rings. The summed E-state index contributed by atoms with van der Waals surface area (Å²) in [5, 5.41) is 0. The van der Waals surface area contributed by atoms with E-state index in [1.807, 2.05) is 19.0 Å². The van der Waals surface area contributed by atoms with Gasteiger partial charge in [-0.15, -0.1) is 0 Å². The first kappa shape index (κ1) is 28.9. The van der Waals surface area contributed by atoms with Gasteiger partial charge in [0.05, 0.1) is 12.0 Å². The summed E-state index contributed by atoms with van der Waals surface area (Å²) < 4.78 is 0. The first-order valence-electron chi connectivity index (χ1n) is 12.0. The molecule has 176 valence electrons. The van der Waals surface area contributed by atoms with Crippen LogP contribution in [0.3, 0.4) is 0 Å². The Morgan fingerprint density at radius 1 is 0.767 bits per heavy atom. The van der Waals surface area contributed by atoms with Crippen molar-refractivity contribution in [2.45, 2.75) is 78.7 Å². The largest absolute Gasteiger partial charge is 0.304 e. The average molecular weight is 426 g/mol. The number of hydrogen-bond donors (Lipinski definition) is 0. The van der Waals surface area contributed by atoms with Crippen LogP contribution in [0.1, 0.15) is 72.6 Å². The van der Waals surface area contributed by atoms with Gasteiger partial charge in [0.15, 0.2) is 0 Å². The van der Waals surface area contributed by atoms with Gasteiger partial charge in [-0.1, -0.05) is 27.7 Å². The van der Waals surface area contributed by atoms with Crippen LogP contribution in [0.15, 0.2) is 0 Å². The Labute approximate surface area is 185 Å². The van der Waals surface area contributed by atoms with E-state index in [-0.39, 0.29) is 24.0 Å². The van der Waals surface area contributed by atoms with Crippen molar-refractivity contribution in [1.82, 2.24) is 14.7 Å². The fourth-order valence-corrected chi connectivity index (χ4v) is 3.95. The highest BCUT2D eigenvalue weighted by molar-refractivity contribution is 5.93. The highest BCUT2D eigenvalue weighted by Crippen LogP contribution is 2.14. The minimum atomic E-state index is -0.554. The van der Waals surface area contributed by atoms with Crippen molar-refractivity contribution in [2.75, 3.05) is 53.4 Å². The lowest BCUT2D eigenvalue weighted by Crippen LogP contribution is -2.37. The van der Waals surface area contributed by atoms with Gasteiger partial charge < -0.3 is 14.6 Å². The second kappa shape index (κ2) is 17.6. The van der Waals surface area contributed by atoms with Crippen molar-refractivity contribution < 1.29 is 14.4 Å². The molecule has 0 rings (SSSR count). The number of hydrogen-bond acceptors (Lipinski definition) is 6. The van der Waals surface area contributed by atoms with Gasteiger partial charge in [0, 0.05) is 12.8 Å². The van der Waals surface area contributed by atoms with Crippen LogP contribution in [0.5, 0.6) is 0 Å². The number of aldehydes is 1. The molecule has 0 aliphatic carbocycles. The highest BCUT2D eigenvalue weighted by Gasteiger charge is 2.24. The Morgan fingerprint density at radius 3 is 1.83 bits per heavy atom. The number of carbonyl (C=O) groups is 3. The van der Waals surface area contributed by atoms with Crippen molar-refractivity contribution in [3.63, 3.8) is 0 Å². The minimum absolute atomic E-state index is 0.0271. The molecule has 2 unspecified atom stereocenters. The van der Waals surface area contributed by atoms with E-state index in [4.69, 9.17) is 0 Å². The van der Waals surface area contributed by atoms with Crippen molar-refractivity contribution in [1.29, 1.82) is 0 Å². The number of nitrogens with zero attached hydrogens (tertiary/aromatic N) is 3. The Hall–Kier alpha value is -1.11. The Kier molecular flexibility index (Phi) is 16.9. The number of carbonyl (C=O) groups excluding carboxylic acids is 3. The molecule has 0 heterocycles. The third-order valence-corrected chi connectivity index (χ3v) is 5.86. The summed E-state index contributed by atoms with van der Waals surface area (Å²) in [6, 6.07) is -0.255. The van der Waals surface area contributed by atoms with E-state index in [0.29, 0.717) is 19.3 Å². The Bertz CT molecular complexity index is 472. The predicted molar refractivity (Wildman–Crippen MR) is 125 cm³/mol. The van der Waals surface area contributed by atoms with Gasteiger partial charge in [-0.2, -0.15) is 0 Å². The molecule has 0 N–H and O–H groups in total. The summed E-state index contributed by atoms with van der Waals surface area (Å²) in [6.45, 7) is 14.2. The van der Waals surface area contributed by atoms with Crippen molar-refractivity contribution in [3.8, 4) is 0 Å². The molecular weight excluding hydrogens is 378 g/mol. The van der Waals surface area contributed by atoms with Crippen LogP contribution >= 0.6 is 0 Å². The van der Waals surface area contributed by atoms with E-state index >= 15 is 0 Å². The highest BCUT2D eigenvalue weighted by atomic mass is 16.1. The monoisotopic (exact) mass is 425 g/mol. The normalized spacial score (nSPS) is 13.8. The lowest BCUT2D eigenvalue weighted by molar-refractivity contribution is -0.128. The molecule has 0 spiro atoms. The Balaban J connectivity index is 4.61. The molecule has 2 atom stereocenters. The Morgan fingerprint density at radius 2 is 1.37 bits per heavy atom. The summed E-state index contributed by atoms with van der Waals surface area (Å²) in [5.74, 6) is -0.387. The van der Waals surface area contributed by atoms with Gasteiger partial charge in [-0.25, -0.2) is 0 Å². The van der Waals surface area contributed by atoms with Crippen LogP contribution < -0.4 is 0 Å². The van der Waals surface area contributed by atoms with E-state index in [2.05, 4.69) is 37.5 Å². The topological polar surface area (TPSA) is 60.9 Å². The zero-order valence-corrected chi connectivity index (χ0v) is 20.5. The fourth-order valence-electron chi connectivity index (χ4n) is 3.95. The molecule has 0 radical (unpaired) electrons. The summed E-state index contributed by atoms with van der Waals surface area (Å²) in [4.78, 5) is 43.4. The van der Waals surface area contributed by atoms with Gasteiger partial charge in [-0.3, -0.25) is 14.5 Å². The average Bonchev–Trinajstić information content (AvgIpc) is 2.71. The minimum Gasteiger partial charge on any atom is -0.304 e. The second-order valence-electron chi connectivity index (χ2n) is 8.45. The first-order chi connectivity index (χ1) is 14.3. The molecule has 0 amide bonds. The van der Waals surface area contributed by atoms with Gasteiger partial charge in [0.1, 0.15) is 17.9 Å². The van der Waals surface area contributed by atoms with Crippen molar-refractivity contribution in [2.24, 2.45) is 5.92 Å². The molecule has 0 aromatic carbocycles. The molecule has 30 heavy (non-hydrogen) atoms. The van der Waals surface area contributed by atoms with Crippen LogP contribution in [0.4, 0.5) is 0 Å². The summed E-state index contributed by atoms with van der Waals surface area (Å²) >= 11 is 0. The third kappa shape index (κ3) is 11.9. The van der Waals surface area contributed by atoms with E-state index in [0.717, 1.165) is 64.8 Å². The van der Waals surface area contributed by atoms with Gasteiger partial charge in [0.25, 0.3) is 0 Å². The van der Waals surface area contributed by atoms with Crippen LogP contribution in [-0.4, -0.2) is 92.0 Å². The quantitative estimate of drug-likeness (QED) is 0.220. The van der Waals surface area contributed by atoms with E-state index in [1.165, 1.54) is 0 Å². The summed E-state index contributed by atoms with van der Waals surface area (Å²) in [5.41, 5.74) is 0. The molecular formula is C24H47N3O3. The third-order valence-electron chi connectivity index (χ3n) is 5.86. The second-order valence-corrected chi connectivity index (χ2v) is 8.45. The zero-order chi connectivity index (χ0) is 22.9. The van der Waals surface area contributed by atoms with E-state index in [1.54, 1.807) is 0 Å². The lowest BCUT2D eigenvalue weighted by atomic mass is 9.94. The predicted octanol–water partition coefficient (Wildman–Crippen LogP) is 3.28. The summed E-state index contributed by atoms with van der Waals surface area (Å²) in [6.07, 6.45) is 5.68. The molecule has 0 saturated carbocycles. The van der Waals surface area contributed by atoms with Crippen molar-refractivity contribution in [3.05, 3.63) is 0 Å². The number of ketones is 2. The molecule has 0 bridgehead atoms. The molecule has 6 heteroatoms. The smallest absolute Gasteiger partial charge is 0.150 e. The SMILES string of the molecule is CCCN(CCC)CCC(C=O)C(=O)CCC(C(=O)CCCN(CC)CC)N(C)C. The molecule has 6 nitrogen and oxygen atoms in total. The van der Waals surface area contributed by atoms with Crippen LogP contribution in [0, 0.1) is 5.92 Å². The fraction of sp³-hybridized carbons (Fsp3) is 0.875. The van der Waals surface area contributed by atoms with Gasteiger partial charge in [-0.05, 0) is 85.5 Å². The number of likely N-dealkylation sites (N-methyl/N-ethyl adjacent to an activating group) is 1. The van der Waals surface area contributed by atoms with E-state index in [9.17, 15) is 14.4 Å². The van der Waals surface area contributed by atoms with Crippen molar-refractivity contribution >= 4 is 17.9 Å². The van der Waals surface area contributed by atoms with Gasteiger partial charge >= 0.3 is 0 Å². The first-order valence-corrected chi connectivity index (χ1v) is 12.0. The molecule has 0 saturated heterocycles. The standard InChI is InChI=1S/C24H47N3O3/c1-7-16-27(17-8-2)19-15-21(20-28)23(29)14-13-22(25(5)6)24(30)12-11-18-26(9-3)10-4/h20-22H,7-19H2,1-6H3. The molecule has 0 aromatic heterocycles. The van der Waals surface area contributed by atoms with Crippen LogP contribution in [0.2, 0.25) is 0 Å². The maximum absolute atomic E-state index is 12.7.